The van der Waals surface area contributed by atoms with Gasteiger partial charge in [0.2, 0.25) is 0 Å². The average molecular weight is 436 g/mol. The molecule has 0 radical (unpaired) electrons. The highest BCUT2D eigenvalue weighted by molar-refractivity contribution is 14.0. The lowest BCUT2D eigenvalue weighted by Gasteiger charge is -2.09. The third kappa shape index (κ3) is 5.91. The van der Waals surface area contributed by atoms with E-state index in [4.69, 9.17) is 0 Å². The van der Waals surface area contributed by atoms with Crippen molar-refractivity contribution >= 4 is 52.6 Å². The van der Waals surface area contributed by atoms with E-state index in [1.165, 1.54) is 10.4 Å². The first kappa shape index (κ1) is 18.4. The largest absolute Gasteiger partial charge is 0.357 e. The summed E-state index contributed by atoms with van der Waals surface area (Å²) in [5.41, 5.74) is 2.36. The number of nitrogens with zero attached hydrogens (tertiary/aromatic N) is 2. The molecular weight excluding hydrogens is 415 g/mol. The van der Waals surface area contributed by atoms with Crippen molar-refractivity contribution in [2.75, 3.05) is 6.54 Å². The Bertz CT molecular complexity index is 544. The molecule has 2 aromatic heterocycles. The molecule has 0 aliphatic rings. The summed E-state index contributed by atoms with van der Waals surface area (Å²) < 4.78 is 0. The minimum atomic E-state index is 0. The van der Waals surface area contributed by atoms with Gasteiger partial charge in [0, 0.05) is 11.4 Å². The minimum Gasteiger partial charge on any atom is -0.357 e. The van der Waals surface area contributed by atoms with Crippen molar-refractivity contribution < 1.29 is 0 Å². The number of nitrogens with one attached hydrogen (secondary N) is 2. The van der Waals surface area contributed by atoms with Crippen LogP contribution < -0.4 is 10.6 Å². The third-order valence-electron chi connectivity index (χ3n) is 2.82. The van der Waals surface area contributed by atoms with Crippen molar-refractivity contribution in [3.63, 3.8) is 0 Å². The first-order valence-electron chi connectivity index (χ1n) is 6.65. The molecule has 21 heavy (non-hydrogen) atoms. The second kappa shape index (κ2) is 9.37. The smallest absolute Gasteiger partial charge is 0.191 e. The van der Waals surface area contributed by atoms with Crippen molar-refractivity contribution in [2.24, 2.45) is 4.99 Å². The number of aromatic nitrogens is 1. The van der Waals surface area contributed by atoms with Gasteiger partial charge < -0.3 is 10.6 Å². The van der Waals surface area contributed by atoms with E-state index in [0.717, 1.165) is 29.8 Å². The second-order valence-corrected chi connectivity index (χ2v) is 6.50. The molecule has 0 bridgehead atoms. The Morgan fingerprint density at radius 3 is 2.71 bits per heavy atom. The van der Waals surface area contributed by atoms with Crippen LogP contribution in [0.4, 0.5) is 0 Å². The number of thiazole rings is 1. The highest BCUT2D eigenvalue weighted by atomic mass is 127. The summed E-state index contributed by atoms with van der Waals surface area (Å²) in [5, 5.41) is 11.9. The highest BCUT2D eigenvalue weighted by Crippen LogP contribution is 2.15. The lowest BCUT2D eigenvalue weighted by atomic mass is 10.3. The van der Waals surface area contributed by atoms with Gasteiger partial charge in [-0.05, 0) is 43.2 Å². The maximum Gasteiger partial charge on any atom is 0.191 e. The molecule has 7 heteroatoms. The lowest BCUT2D eigenvalue weighted by Crippen LogP contribution is -2.36. The van der Waals surface area contributed by atoms with Gasteiger partial charge >= 0.3 is 0 Å². The van der Waals surface area contributed by atoms with E-state index in [-0.39, 0.29) is 24.0 Å². The second-order valence-electron chi connectivity index (χ2n) is 4.43. The number of thiophene rings is 1. The van der Waals surface area contributed by atoms with Crippen molar-refractivity contribution in [2.45, 2.75) is 33.9 Å². The molecule has 0 aliphatic carbocycles. The fourth-order valence-electron chi connectivity index (χ4n) is 1.67. The number of hydrogen-bond acceptors (Lipinski definition) is 4. The molecule has 2 rings (SSSR count). The number of guanidine groups is 1. The number of halogens is 1. The molecule has 0 atom stereocenters. The molecule has 2 aromatic rings. The zero-order valence-corrected chi connectivity index (χ0v) is 16.4. The Kier molecular flexibility index (Phi) is 8.20. The van der Waals surface area contributed by atoms with Crippen LogP contribution in [0.25, 0.3) is 0 Å². The van der Waals surface area contributed by atoms with Crippen LogP contribution in [0.1, 0.15) is 28.1 Å². The van der Waals surface area contributed by atoms with E-state index >= 15 is 0 Å². The number of rotatable bonds is 5. The Balaban J connectivity index is 0.00000220. The molecule has 2 N–H and O–H groups in total. The Morgan fingerprint density at radius 2 is 2.14 bits per heavy atom. The van der Waals surface area contributed by atoms with E-state index in [0.29, 0.717) is 6.54 Å². The Morgan fingerprint density at radius 1 is 1.33 bits per heavy atom. The molecule has 0 amide bonds. The Labute approximate surface area is 151 Å². The predicted octanol–water partition coefficient (Wildman–Crippen LogP) is 3.69. The van der Waals surface area contributed by atoms with Gasteiger partial charge in [-0.15, -0.1) is 35.3 Å². The van der Waals surface area contributed by atoms with Gasteiger partial charge in [0.15, 0.2) is 5.96 Å². The summed E-state index contributed by atoms with van der Waals surface area (Å²) in [6.07, 6.45) is 0. The van der Waals surface area contributed by atoms with Crippen LogP contribution in [0, 0.1) is 13.8 Å². The van der Waals surface area contributed by atoms with E-state index < -0.39 is 0 Å². The number of aliphatic imine (C=N–C) groups is 1. The van der Waals surface area contributed by atoms with Crippen LogP contribution in [0.15, 0.2) is 21.8 Å². The van der Waals surface area contributed by atoms with E-state index in [1.807, 2.05) is 6.92 Å². The zero-order chi connectivity index (χ0) is 14.4. The fourth-order valence-corrected chi connectivity index (χ4v) is 3.20. The van der Waals surface area contributed by atoms with Crippen LogP contribution in [0.3, 0.4) is 0 Å². The zero-order valence-electron chi connectivity index (χ0n) is 12.5. The van der Waals surface area contributed by atoms with Gasteiger partial charge in [0.1, 0.15) is 5.01 Å². The van der Waals surface area contributed by atoms with Crippen LogP contribution in [-0.4, -0.2) is 17.5 Å². The van der Waals surface area contributed by atoms with E-state index in [1.54, 1.807) is 22.7 Å². The molecule has 0 aliphatic heterocycles. The molecule has 0 unspecified atom stereocenters. The molecule has 4 nitrogen and oxygen atoms in total. The molecule has 0 spiro atoms. The summed E-state index contributed by atoms with van der Waals surface area (Å²) in [5.74, 6) is 0.837. The van der Waals surface area contributed by atoms with Gasteiger partial charge in [-0.1, -0.05) is 0 Å². The topological polar surface area (TPSA) is 49.3 Å². The van der Waals surface area contributed by atoms with Crippen LogP contribution >= 0.6 is 46.7 Å². The first-order chi connectivity index (χ1) is 9.69. The lowest BCUT2D eigenvalue weighted by molar-refractivity contribution is 0.810. The average Bonchev–Trinajstić information content (AvgIpc) is 3.04. The standard InChI is InChI=1S/C14H20N4S2.HI/c1-4-15-14(16-7-12-5-6-19-9-12)17-8-13-18-10(2)11(3)20-13;/h5-6,9H,4,7-8H2,1-3H3,(H2,15,16,17);1H. The Hall–Kier alpha value is -0.670. The van der Waals surface area contributed by atoms with Crippen molar-refractivity contribution in [3.8, 4) is 0 Å². The van der Waals surface area contributed by atoms with Crippen molar-refractivity contribution in [1.82, 2.24) is 15.6 Å². The van der Waals surface area contributed by atoms with Crippen molar-refractivity contribution in [3.05, 3.63) is 38.0 Å². The highest BCUT2D eigenvalue weighted by Gasteiger charge is 2.04. The SMILES string of the molecule is CCNC(=NCc1ccsc1)NCc1nc(C)c(C)s1.I. The minimum absolute atomic E-state index is 0. The van der Waals surface area contributed by atoms with Crippen LogP contribution in [0.2, 0.25) is 0 Å². The third-order valence-corrected chi connectivity index (χ3v) is 4.63. The predicted molar refractivity (Wildman–Crippen MR) is 103 cm³/mol. The molecule has 116 valence electrons. The first-order valence-corrected chi connectivity index (χ1v) is 8.41. The summed E-state index contributed by atoms with van der Waals surface area (Å²) in [7, 11) is 0. The molecule has 2 heterocycles. The molecular formula is C14H21IN4S2. The molecule has 0 saturated carbocycles. The van der Waals surface area contributed by atoms with Crippen LogP contribution in [-0.2, 0) is 13.1 Å². The molecule has 0 saturated heterocycles. The summed E-state index contributed by atoms with van der Waals surface area (Å²) in [4.78, 5) is 10.4. The monoisotopic (exact) mass is 436 g/mol. The van der Waals surface area contributed by atoms with E-state index in [2.05, 4.69) is 51.3 Å². The molecule has 0 fully saturated rings. The van der Waals surface area contributed by atoms with Gasteiger partial charge in [-0.25, -0.2) is 9.98 Å². The number of aryl methyl sites for hydroxylation is 2. The van der Waals surface area contributed by atoms with Crippen LogP contribution in [0.5, 0.6) is 0 Å². The quantitative estimate of drug-likeness (QED) is 0.427. The van der Waals surface area contributed by atoms with Crippen molar-refractivity contribution in [1.29, 1.82) is 0 Å². The summed E-state index contributed by atoms with van der Waals surface area (Å²) in [6.45, 7) is 8.49. The normalized spacial score (nSPS) is 11.1. The van der Waals surface area contributed by atoms with Gasteiger partial charge in [0.25, 0.3) is 0 Å². The summed E-state index contributed by atoms with van der Waals surface area (Å²) in [6, 6.07) is 2.10. The van der Waals surface area contributed by atoms with Gasteiger partial charge in [0.05, 0.1) is 18.8 Å². The molecule has 0 aromatic carbocycles. The number of hydrogen-bond donors (Lipinski definition) is 2. The summed E-state index contributed by atoms with van der Waals surface area (Å²) >= 11 is 3.44. The van der Waals surface area contributed by atoms with E-state index in [9.17, 15) is 0 Å². The van der Waals surface area contributed by atoms with Gasteiger partial charge in [-0.2, -0.15) is 11.3 Å². The van der Waals surface area contributed by atoms with Gasteiger partial charge in [-0.3, -0.25) is 0 Å². The maximum atomic E-state index is 4.58. The maximum absolute atomic E-state index is 4.58. The fraction of sp³-hybridized carbons (Fsp3) is 0.429.